The zero-order chi connectivity index (χ0) is 16.4. The van der Waals surface area contributed by atoms with Crippen molar-refractivity contribution in [3.05, 3.63) is 50.9 Å². The minimum atomic E-state index is -1.38. The summed E-state index contributed by atoms with van der Waals surface area (Å²) in [7, 11) is 0. The Morgan fingerprint density at radius 2 is 2.26 bits per heavy atom. The molecule has 4 N–H and O–H groups in total. The van der Waals surface area contributed by atoms with E-state index in [9.17, 15) is 10.1 Å². The maximum atomic E-state index is 13.0. The maximum Gasteiger partial charge on any atom is 0.246 e. The van der Waals surface area contributed by atoms with Crippen molar-refractivity contribution >= 4 is 27.5 Å². The Morgan fingerprint density at radius 1 is 1.48 bits per heavy atom. The number of H-pyrrole nitrogens is 1. The number of aromatic amines is 1. The number of ether oxygens (including phenoxy) is 1. The second kappa shape index (κ2) is 4.36. The van der Waals surface area contributed by atoms with E-state index in [4.69, 9.17) is 10.5 Å². The number of nitrogens with two attached hydrogens (primary N) is 1. The summed E-state index contributed by atoms with van der Waals surface area (Å²) in [5.74, 6) is -0.300. The van der Waals surface area contributed by atoms with Crippen molar-refractivity contribution < 1.29 is 9.53 Å². The number of fused-ring (bicyclic) bond motifs is 4. The molecular formula is C15H10BrN5O2. The third-order valence-electron chi connectivity index (χ3n) is 4.17. The summed E-state index contributed by atoms with van der Waals surface area (Å²) >= 11 is 3.36. The number of amides is 1. The van der Waals surface area contributed by atoms with Gasteiger partial charge in [0.2, 0.25) is 17.7 Å². The minimum Gasteiger partial charge on any atom is -0.420 e. The van der Waals surface area contributed by atoms with Gasteiger partial charge in [-0.25, -0.2) is 0 Å². The van der Waals surface area contributed by atoms with Crippen LogP contribution in [0.4, 0.5) is 5.69 Å². The van der Waals surface area contributed by atoms with Crippen LogP contribution >= 0.6 is 15.9 Å². The molecule has 1 amide bonds. The van der Waals surface area contributed by atoms with Gasteiger partial charge in [-0.3, -0.25) is 9.89 Å². The molecule has 0 bridgehead atoms. The lowest BCUT2D eigenvalue weighted by atomic mass is 9.70. The Labute approximate surface area is 139 Å². The van der Waals surface area contributed by atoms with Crippen molar-refractivity contribution in [1.29, 1.82) is 5.26 Å². The van der Waals surface area contributed by atoms with Crippen molar-refractivity contribution in [1.82, 2.24) is 10.2 Å². The van der Waals surface area contributed by atoms with E-state index in [0.717, 1.165) is 5.56 Å². The number of anilines is 1. The summed E-state index contributed by atoms with van der Waals surface area (Å²) < 4.78 is 5.89. The van der Waals surface area contributed by atoms with Gasteiger partial charge in [-0.1, -0.05) is 17.7 Å². The summed E-state index contributed by atoms with van der Waals surface area (Å²) in [5.41, 5.74) is 7.30. The van der Waals surface area contributed by atoms with E-state index in [-0.39, 0.29) is 23.2 Å². The first-order valence-electron chi connectivity index (χ1n) is 6.75. The minimum absolute atomic E-state index is 0.0500. The molecule has 2 aromatic rings. The summed E-state index contributed by atoms with van der Waals surface area (Å²) in [5, 5.41) is 19.2. The second-order valence-corrected chi connectivity index (χ2v) is 6.22. The summed E-state index contributed by atoms with van der Waals surface area (Å²) in [6.07, 6.45) is 0. The molecular weight excluding hydrogens is 362 g/mol. The van der Waals surface area contributed by atoms with Crippen LogP contribution in [0.5, 0.6) is 5.88 Å². The molecule has 114 valence electrons. The number of nitrogens with zero attached hydrogens (tertiary/aromatic N) is 2. The number of hydrogen-bond acceptors (Lipinski definition) is 5. The molecule has 0 aliphatic carbocycles. The number of benzene rings is 1. The van der Waals surface area contributed by atoms with Gasteiger partial charge in [0.15, 0.2) is 0 Å². The van der Waals surface area contributed by atoms with Gasteiger partial charge in [-0.2, -0.15) is 5.26 Å². The lowest BCUT2D eigenvalue weighted by molar-refractivity contribution is -0.118. The monoisotopic (exact) mass is 371 g/mol. The van der Waals surface area contributed by atoms with Crippen LogP contribution in [-0.2, 0) is 10.2 Å². The van der Waals surface area contributed by atoms with Crippen LogP contribution in [0.25, 0.3) is 0 Å². The van der Waals surface area contributed by atoms with E-state index in [2.05, 4.69) is 31.4 Å². The van der Waals surface area contributed by atoms with Crippen LogP contribution < -0.4 is 15.8 Å². The molecule has 2 aliphatic rings. The van der Waals surface area contributed by atoms with Crippen molar-refractivity contribution in [2.45, 2.75) is 12.3 Å². The fourth-order valence-electron chi connectivity index (χ4n) is 3.22. The SMILES string of the molecule is Cc1ccc2c(c1)C1(C(=O)N2)C(C#N)=C(N)Oc2n[nH]c(Br)c21. The molecule has 7 nitrogen and oxygen atoms in total. The van der Waals surface area contributed by atoms with E-state index < -0.39 is 5.41 Å². The Bertz CT molecular complexity index is 955. The molecule has 1 aromatic heterocycles. The van der Waals surface area contributed by atoms with Gasteiger partial charge in [-0.05, 0) is 28.9 Å². The number of nitrogens with one attached hydrogen (secondary N) is 2. The van der Waals surface area contributed by atoms with Crippen molar-refractivity contribution in [3.63, 3.8) is 0 Å². The molecule has 0 saturated heterocycles. The zero-order valence-corrected chi connectivity index (χ0v) is 13.5. The highest BCUT2D eigenvalue weighted by Gasteiger charge is 2.58. The molecule has 3 heterocycles. The topological polar surface area (TPSA) is 117 Å². The van der Waals surface area contributed by atoms with E-state index in [0.29, 0.717) is 21.4 Å². The summed E-state index contributed by atoms with van der Waals surface area (Å²) in [6.45, 7) is 1.92. The number of aromatic nitrogens is 2. The van der Waals surface area contributed by atoms with Crippen LogP contribution in [-0.4, -0.2) is 16.1 Å². The number of halogens is 1. The Kier molecular flexibility index (Phi) is 2.63. The van der Waals surface area contributed by atoms with Crippen LogP contribution in [0.15, 0.2) is 34.3 Å². The van der Waals surface area contributed by atoms with Gasteiger partial charge in [0.1, 0.15) is 21.7 Å². The van der Waals surface area contributed by atoms with Crippen LogP contribution in [0.2, 0.25) is 0 Å². The number of hydrogen-bond donors (Lipinski definition) is 3. The third-order valence-corrected chi connectivity index (χ3v) is 4.75. The second-order valence-electron chi connectivity index (χ2n) is 5.42. The van der Waals surface area contributed by atoms with Gasteiger partial charge < -0.3 is 15.8 Å². The van der Waals surface area contributed by atoms with E-state index in [1.54, 1.807) is 0 Å². The normalized spacial score (nSPS) is 21.5. The molecule has 1 aromatic carbocycles. The molecule has 0 fully saturated rings. The number of carbonyl (C=O) groups excluding carboxylic acids is 1. The van der Waals surface area contributed by atoms with Gasteiger partial charge >= 0.3 is 0 Å². The van der Waals surface area contributed by atoms with Crippen molar-refractivity contribution in [2.75, 3.05) is 5.32 Å². The Balaban J connectivity index is 2.19. The first-order chi connectivity index (χ1) is 11.0. The first kappa shape index (κ1) is 13.8. The average Bonchev–Trinajstić information content (AvgIpc) is 3.00. The molecule has 0 saturated carbocycles. The Hall–Kier alpha value is -2.79. The fourth-order valence-corrected chi connectivity index (χ4v) is 3.78. The number of aryl methyl sites for hydroxylation is 1. The van der Waals surface area contributed by atoms with E-state index >= 15 is 0 Å². The molecule has 23 heavy (non-hydrogen) atoms. The van der Waals surface area contributed by atoms with Crippen LogP contribution in [0.3, 0.4) is 0 Å². The smallest absolute Gasteiger partial charge is 0.246 e. The Morgan fingerprint density at radius 3 is 3.00 bits per heavy atom. The highest BCUT2D eigenvalue weighted by molar-refractivity contribution is 9.10. The van der Waals surface area contributed by atoms with Crippen LogP contribution in [0, 0.1) is 18.3 Å². The first-order valence-corrected chi connectivity index (χ1v) is 7.54. The number of nitriles is 1. The zero-order valence-electron chi connectivity index (χ0n) is 11.9. The van der Waals surface area contributed by atoms with E-state index in [1.807, 2.05) is 31.2 Å². The number of carbonyl (C=O) groups is 1. The third kappa shape index (κ3) is 1.52. The van der Waals surface area contributed by atoms with Gasteiger partial charge in [0.25, 0.3) is 0 Å². The molecule has 1 spiro atoms. The molecule has 4 rings (SSSR count). The van der Waals surface area contributed by atoms with E-state index in [1.165, 1.54) is 0 Å². The van der Waals surface area contributed by atoms with Crippen molar-refractivity contribution in [3.8, 4) is 11.9 Å². The average molecular weight is 372 g/mol. The lowest BCUT2D eigenvalue weighted by Gasteiger charge is -2.31. The summed E-state index contributed by atoms with van der Waals surface area (Å²) in [6, 6.07) is 7.61. The fraction of sp³-hybridized carbons (Fsp3) is 0.133. The maximum absolute atomic E-state index is 13.0. The predicted molar refractivity (Wildman–Crippen MR) is 84.3 cm³/mol. The summed E-state index contributed by atoms with van der Waals surface area (Å²) in [4.78, 5) is 13.0. The molecule has 2 aliphatic heterocycles. The molecule has 1 unspecified atom stereocenters. The van der Waals surface area contributed by atoms with Gasteiger partial charge in [-0.15, -0.1) is 5.10 Å². The molecule has 1 atom stereocenters. The molecule has 8 heteroatoms. The highest BCUT2D eigenvalue weighted by atomic mass is 79.9. The van der Waals surface area contributed by atoms with Gasteiger partial charge in [0, 0.05) is 11.3 Å². The van der Waals surface area contributed by atoms with Crippen LogP contribution in [0.1, 0.15) is 16.7 Å². The largest absolute Gasteiger partial charge is 0.420 e. The quantitative estimate of drug-likeness (QED) is 0.652. The van der Waals surface area contributed by atoms with Gasteiger partial charge in [0.05, 0.1) is 5.56 Å². The number of rotatable bonds is 0. The van der Waals surface area contributed by atoms with Crippen molar-refractivity contribution in [2.24, 2.45) is 5.73 Å². The molecule has 0 radical (unpaired) electrons. The standard InChI is InChI=1S/C15H10BrN5O2/c1-6-2-3-9-7(4-6)15(14(22)19-9)8(5-17)12(18)23-13-10(15)11(16)20-21-13/h2-4H,18H2,1H3,(H,19,22)(H,20,21). The highest BCUT2D eigenvalue weighted by Crippen LogP contribution is 2.54. The lowest BCUT2D eigenvalue weighted by Crippen LogP contribution is -2.42. The predicted octanol–water partition coefficient (Wildman–Crippen LogP) is 1.81.